The van der Waals surface area contributed by atoms with Crippen molar-refractivity contribution in [3.8, 4) is 5.75 Å². The number of halogens is 1. The van der Waals surface area contributed by atoms with Gasteiger partial charge in [-0.3, -0.25) is 9.59 Å². The van der Waals surface area contributed by atoms with Gasteiger partial charge in [0.15, 0.2) is 0 Å². The highest BCUT2D eigenvalue weighted by molar-refractivity contribution is 6.46. The Hall–Kier alpha value is -3.23. The van der Waals surface area contributed by atoms with Crippen LogP contribution in [0.5, 0.6) is 5.75 Å². The number of Topliss-reactive ketones (excluding diaryl/α,β-unsaturated/α-hetero) is 1. The van der Waals surface area contributed by atoms with Crippen LogP contribution in [0.1, 0.15) is 17.2 Å². The molecule has 0 aliphatic carbocycles. The molecule has 2 aromatic rings. The Balaban J connectivity index is 2.05. The van der Waals surface area contributed by atoms with Crippen LogP contribution in [0.4, 0.5) is 4.39 Å². The molecule has 0 spiro atoms. The summed E-state index contributed by atoms with van der Waals surface area (Å²) in [6.07, 6.45) is 0. The van der Waals surface area contributed by atoms with Gasteiger partial charge in [-0.15, -0.1) is 0 Å². The molecule has 7 nitrogen and oxygen atoms in total. The first-order valence-corrected chi connectivity index (χ1v) is 9.34. The van der Waals surface area contributed by atoms with Crippen molar-refractivity contribution in [3.05, 3.63) is 71.0 Å². The molecule has 0 radical (unpaired) electrons. The third-order valence-corrected chi connectivity index (χ3v) is 4.80. The van der Waals surface area contributed by atoms with E-state index < -0.39 is 23.5 Å². The second-order valence-electron chi connectivity index (χ2n) is 6.61. The fraction of sp³-hybridized carbons (Fsp3) is 0.273. The lowest BCUT2D eigenvalue weighted by Crippen LogP contribution is -2.33. The van der Waals surface area contributed by atoms with Crippen LogP contribution >= 0.6 is 0 Å². The Morgan fingerprint density at radius 1 is 1.07 bits per heavy atom. The largest absolute Gasteiger partial charge is 0.507 e. The number of carbonyl (C=O) groups excluding carboxylic acids is 2. The fourth-order valence-electron chi connectivity index (χ4n) is 3.34. The van der Waals surface area contributed by atoms with Crippen molar-refractivity contribution in [3.63, 3.8) is 0 Å². The number of methoxy groups -OCH3 is 1. The topological polar surface area (TPSA) is 96.3 Å². The summed E-state index contributed by atoms with van der Waals surface area (Å²) in [5.41, 5.74) is 0.740. The molecule has 0 saturated carbocycles. The third-order valence-electron chi connectivity index (χ3n) is 4.80. The quantitative estimate of drug-likeness (QED) is 0.297. The van der Waals surface area contributed by atoms with Crippen molar-refractivity contribution in [2.24, 2.45) is 0 Å². The molecule has 1 saturated heterocycles. The van der Waals surface area contributed by atoms with Crippen molar-refractivity contribution < 1.29 is 33.7 Å². The van der Waals surface area contributed by atoms with Gasteiger partial charge in [0, 0.05) is 12.1 Å². The zero-order valence-corrected chi connectivity index (χ0v) is 16.4. The molecule has 158 valence electrons. The maximum atomic E-state index is 13.3. The number of amides is 1. The van der Waals surface area contributed by atoms with E-state index in [1.54, 1.807) is 24.3 Å². The molecule has 8 heteroatoms. The molecule has 1 heterocycles. The van der Waals surface area contributed by atoms with Gasteiger partial charge in [-0.2, -0.15) is 0 Å². The van der Waals surface area contributed by atoms with Crippen LogP contribution in [0.3, 0.4) is 0 Å². The predicted molar refractivity (Wildman–Crippen MR) is 106 cm³/mol. The van der Waals surface area contributed by atoms with Crippen molar-refractivity contribution >= 4 is 17.4 Å². The lowest BCUT2D eigenvalue weighted by Gasteiger charge is -2.25. The van der Waals surface area contributed by atoms with E-state index in [9.17, 15) is 19.1 Å². The molecular formula is C22H22FNO6. The van der Waals surface area contributed by atoms with Gasteiger partial charge in [0.25, 0.3) is 11.7 Å². The minimum Gasteiger partial charge on any atom is -0.507 e. The highest BCUT2D eigenvalue weighted by Gasteiger charge is 2.45. The van der Waals surface area contributed by atoms with E-state index in [2.05, 4.69) is 0 Å². The minimum absolute atomic E-state index is 0.0843. The van der Waals surface area contributed by atoms with Gasteiger partial charge in [0.2, 0.25) is 0 Å². The number of likely N-dealkylation sites (tertiary alicyclic amines) is 1. The summed E-state index contributed by atoms with van der Waals surface area (Å²) in [6.45, 7) is 0.135. The summed E-state index contributed by atoms with van der Waals surface area (Å²) < 4.78 is 23.7. The fourth-order valence-corrected chi connectivity index (χ4v) is 3.34. The van der Waals surface area contributed by atoms with Crippen LogP contribution in [0.2, 0.25) is 0 Å². The molecule has 2 aromatic carbocycles. The Labute approximate surface area is 173 Å². The number of ether oxygens (including phenoxy) is 2. The molecule has 0 bridgehead atoms. The SMILES string of the molecule is COc1ccc(C2/C(=C(\O)c3ccc(F)cc3)C(=O)C(=O)N2CCOCCO)cc1. The van der Waals surface area contributed by atoms with Crippen LogP contribution in [-0.2, 0) is 14.3 Å². The first kappa shape index (κ1) is 21.5. The molecule has 1 aliphatic heterocycles. The highest BCUT2D eigenvalue weighted by atomic mass is 19.1. The van der Waals surface area contributed by atoms with E-state index in [4.69, 9.17) is 14.6 Å². The number of benzene rings is 2. The maximum absolute atomic E-state index is 13.3. The molecule has 2 N–H and O–H groups in total. The number of rotatable bonds is 8. The molecule has 0 aromatic heterocycles. The lowest BCUT2D eigenvalue weighted by molar-refractivity contribution is -0.140. The van der Waals surface area contributed by atoms with Gasteiger partial charge in [-0.1, -0.05) is 12.1 Å². The van der Waals surface area contributed by atoms with Crippen LogP contribution in [0, 0.1) is 5.82 Å². The van der Waals surface area contributed by atoms with Crippen LogP contribution < -0.4 is 4.74 Å². The summed E-state index contributed by atoms with van der Waals surface area (Å²) in [4.78, 5) is 26.8. The predicted octanol–water partition coefficient (Wildman–Crippen LogP) is 2.26. The Kier molecular flexibility index (Phi) is 6.81. The standard InChI is InChI=1S/C22H22FNO6/c1-29-17-8-4-14(5-9-17)19-18(20(26)15-2-6-16(23)7-3-15)21(27)22(28)24(19)10-12-30-13-11-25/h2-9,19,25-26H,10-13H2,1H3/b20-18+. The summed E-state index contributed by atoms with van der Waals surface area (Å²) in [5, 5.41) is 19.7. The van der Waals surface area contributed by atoms with E-state index in [-0.39, 0.29) is 43.3 Å². The summed E-state index contributed by atoms with van der Waals surface area (Å²) in [5.74, 6) is -1.87. The van der Waals surface area contributed by atoms with Crippen LogP contribution in [-0.4, -0.2) is 60.3 Å². The van der Waals surface area contributed by atoms with E-state index in [0.29, 0.717) is 11.3 Å². The Morgan fingerprint density at radius 3 is 2.33 bits per heavy atom. The first-order chi connectivity index (χ1) is 14.5. The molecule has 30 heavy (non-hydrogen) atoms. The number of nitrogens with zero attached hydrogens (tertiary/aromatic N) is 1. The van der Waals surface area contributed by atoms with Gasteiger partial charge < -0.3 is 24.6 Å². The second-order valence-corrected chi connectivity index (χ2v) is 6.61. The molecule has 1 unspecified atom stereocenters. The van der Waals surface area contributed by atoms with E-state index in [1.165, 1.54) is 24.1 Å². The summed E-state index contributed by atoms with van der Waals surface area (Å²) >= 11 is 0. The number of aliphatic hydroxyl groups excluding tert-OH is 2. The van der Waals surface area contributed by atoms with Gasteiger partial charge in [0.1, 0.15) is 17.3 Å². The Bertz CT molecular complexity index is 939. The van der Waals surface area contributed by atoms with Crippen LogP contribution in [0.25, 0.3) is 5.76 Å². The first-order valence-electron chi connectivity index (χ1n) is 9.34. The second kappa shape index (κ2) is 9.51. The van der Waals surface area contributed by atoms with Gasteiger partial charge >= 0.3 is 0 Å². The van der Waals surface area contributed by atoms with E-state index >= 15 is 0 Å². The smallest absolute Gasteiger partial charge is 0.295 e. The van der Waals surface area contributed by atoms with Crippen molar-refractivity contribution in [1.82, 2.24) is 4.90 Å². The van der Waals surface area contributed by atoms with Gasteiger partial charge in [0.05, 0.1) is 38.5 Å². The number of ketones is 1. The third kappa shape index (κ3) is 4.34. The number of hydrogen-bond donors (Lipinski definition) is 2. The average Bonchev–Trinajstić information content (AvgIpc) is 3.01. The molecular weight excluding hydrogens is 393 g/mol. The Morgan fingerprint density at radius 2 is 1.73 bits per heavy atom. The van der Waals surface area contributed by atoms with Crippen molar-refractivity contribution in [1.29, 1.82) is 0 Å². The number of hydrogen-bond acceptors (Lipinski definition) is 6. The summed E-state index contributed by atoms with van der Waals surface area (Å²) in [7, 11) is 1.52. The molecule has 1 atom stereocenters. The zero-order chi connectivity index (χ0) is 21.7. The minimum atomic E-state index is -0.848. The maximum Gasteiger partial charge on any atom is 0.295 e. The summed E-state index contributed by atoms with van der Waals surface area (Å²) in [6, 6.07) is 10.9. The average molecular weight is 415 g/mol. The molecule has 1 fully saturated rings. The lowest BCUT2D eigenvalue weighted by atomic mass is 9.95. The van der Waals surface area contributed by atoms with Gasteiger partial charge in [-0.25, -0.2) is 4.39 Å². The normalized spacial score (nSPS) is 18.1. The zero-order valence-electron chi connectivity index (χ0n) is 16.4. The molecule has 1 aliphatic rings. The van der Waals surface area contributed by atoms with Gasteiger partial charge in [-0.05, 0) is 42.0 Å². The number of aliphatic hydroxyl groups is 2. The van der Waals surface area contributed by atoms with E-state index in [1.807, 2.05) is 0 Å². The van der Waals surface area contributed by atoms with E-state index in [0.717, 1.165) is 12.1 Å². The molecule has 1 amide bonds. The number of carbonyl (C=O) groups is 2. The van der Waals surface area contributed by atoms with Crippen molar-refractivity contribution in [2.45, 2.75) is 6.04 Å². The van der Waals surface area contributed by atoms with Crippen LogP contribution in [0.15, 0.2) is 54.1 Å². The van der Waals surface area contributed by atoms with Crippen molar-refractivity contribution in [2.75, 3.05) is 33.5 Å². The monoisotopic (exact) mass is 415 g/mol. The molecule has 3 rings (SSSR count). The highest BCUT2D eigenvalue weighted by Crippen LogP contribution is 2.39.